The van der Waals surface area contributed by atoms with Crippen molar-refractivity contribution in [1.82, 2.24) is 9.78 Å². The maximum absolute atomic E-state index is 13.1. The molecule has 0 fully saturated rings. The van der Waals surface area contributed by atoms with Crippen LogP contribution < -0.4 is 11.3 Å². The van der Waals surface area contributed by atoms with Crippen LogP contribution in [-0.2, 0) is 0 Å². The first-order valence-electron chi connectivity index (χ1n) is 8.61. The summed E-state index contributed by atoms with van der Waals surface area (Å²) in [5.41, 5.74) is 10.8. The van der Waals surface area contributed by atoms with E-state index in [2.05, 4.69) is 31.1 Å². The first-order valence-corrected chi connectivity index (χ1v) is 8.98. The molecular weight excluding hydrogens is 358 g/mol. The molecule has 0 amide bonds. The third-order valence-corrected chi connectivity index (χ3v) is 5.04. The van der Waals surface area contributed by atoms with Crippen LogP contribution in [0.5, 0.6) is 0 Å². The number of halogens is 1. The lowest BCUT2D eigenvalue weighted by Gasteiger charge is -2.14. The molecule has 3 aromatic carbocycles. The predicted octanol–water partition coefficient (Wildman–Crippen LogP) is 4.91. The molecule has 0 radical (unpaired) electrons. The summed E-state index contributed by atoms with van der Waals surface area (Å²) in [6.07, 6.45) is 0. The largest absolute Gasteiger partial charge is 0.397 e. The van der Waals surface area contributed by atoms with Gasteiger partial charge in [0.1, 0.15) is 0 Å². The molecule has 0 saturated carbocycles. The fourth-order valence-corrected chi connectivity index (χ4v) is 3.32. The van der Waals surface area contributed by atoms with Crippen LogP contribution in [0.4, 0.5) is 5.69 Å². The molecule has 5 heteroatoms. The van der Waals surface area contributed by atoms with Crippen molar-refractivity contribution in [3.05, 3.63) is 87.2 Å². The van der Waals surface area contributed by atoms with E-state index in [4.69, 9.17) is 17.3 Å². The van der Waals surface area contributed by atoms with Gasteiger partial charge in [-0.15, -0.1) is 0 Å². The smallest absolute Gasteiger partial charge is 0.279 e. The highest BCUT2D eigenvalue weighted by Gasteiger charge is 2.15. The second kappa shape index (κ2) is 6.56. The summed E-state index contributed by atoms with van der Waals surface area (Å²) in [7, 11) is 0. The van der Waals surface area contributed by atoms with Crippen LogP contribution in [0.25, 0.3) is 27.7 Å². The molecule has 134 valence electrons. The summed E-state index contributed by atoms with van der Waals surface area (Å²) in [4.78, 5) is 13.1. The summed E-state index contributed by atoms with van der Waals surface area (Å²) in [5.74, 6) is 0. The molecule has 0 aliphatic carbocycles. The minimum Gasteiger partial charge on any atom is -0.397 e. The fourth-order valence-electron chi connectivity index (χ4n) is 3.15. The summed E-state index contributed by atoms with van der Waals surface area (Å²) in [6.45, 7) is 4.13. The van der Waals surface area contributed by atoms with Gasteiger partial charge in [0.25, 0.3) is 5.56 Å². The first kappa shape index (κ1) is 17.3. The van der Waals surface area contributed by atoms with E-state index in [9.17, 15) is 4.79 Å². The molecule has 0 saturated heterocycles. The Bertz CT molecular complexity index is 1240. The van der Waals surface area contributed by atoms with Gasteiger partial charge < -0.3 is 5.73 Å². The Morgan fingerprint density at radius 2 is 1.67 bits per heavy atom. The van der Waals surface area contributed by atoms with E-state index >= 15 is 0 Å². The molecule has 4 rings (SSSR count). The zero-order valence-electron chi connectivity index (χ0n) is 15.0. The van der Waals surface area contributed by atoms with E-state index in [1.54, 1.807) is 24.3 Å². The van der Waals surface area contributed by atoms with Crippen molar-refractivity contribution < 1.29 is 0 Å². The minimum absolute atomic E-state index is 0.229. The van der Waals surface area contributed by atoms with E-state index in [-0.39, 0.29) is 5.56 Å². The molecule has 4 nitrogen and oxygen atoms in total. The zero-order valence-corrected chi connectivity index (χ0v) is 15.8. The number of fused-ring (bicyclic) bond motifs is 1. The Labute approximate surface area is 161 Å². The van der Waals surface area contributed by atoms with Crippen molar-refractivity contribution in [2.45, 2.75) is 13.8 Å². The number of nitrogen functional groups attached to an aromatic ring is 1. The molecule has 0 spiro atoms. The van der Waals surface area contributed by atoms with Gasteiger partial charge in [-0.1, -0.05) is 41.9 Å². The average Bonchev–Trinajstić information content (AvgIpc) is 2.67. The zero-order chi connectivity index (χ0) is 19.1. The number of anilines is 1. The van der Waals surface area contributed by atoms with Crippen molar-refractivity contribution in [1.29, 1.82) is 0 Å². The second-order valence-corrected chi connectivity index (χ2v) is 7.05. The van der Waals surface area contributed by atoms with Gasteiger partial charge in [0.2, 0.25) is 0 Å². The Morgan fingerprint density at radius 1 is 0.926 bits per heavy atom. The number of nitrogens with zero attached hydrogens (tertiary/aromatic N) is 2. The predicted molar refractivity (Wildman–Crippen MR) is 112 cm³/mol. The van der Waals surface area contributed by atoms with Crippen molar-refractivity contribution in [3.8, 4) is 16.9 Å². The lowest BCUT2D eigenvalue weighted by atomic mass is 10.0. The highest BCUT2D eigenvalue weighted by molar-refractivity contribution is 6.30. The lowest BCUT2D eigenvalue weighted by molar-refractivity contribution is 0.828. The first-order chi connectivity index (χ1) is 13.0. The SMILES string of the molecule is Cc1ccc(-c2nn(-c3cc(Cl)ccc3N)c(=O)c3ccccc23)cc1C. The Morgan fingerprint density at radius 3 is 2.41 bits per heavy atom. The molecule has 4 aromatic rings. The van der Waals surface area contributed by atoms with E-state index in [0.717, 1.165) is 16.6 Å². The monoisotopic (exact) mass is 375 g/mol. The number of aryl methyl sites for hydroxylation is 2. The van der Waals surface area contributed by atoms with Crippen LogP contribution >= 0.6 is 11.6 Å². The second-order valence-electron chi connectivity index (χ2n) is 6.61. The van der Waals surface area contributed by atoms with E-state index in [0.29, 0.717) is 21.8 Å². The molecule has 2 N–H and O–H groups in total. The number of nitrogens with two attached hydrogens (primary N) is 1. The normalized spacial score (nSPS) is 11.1. The summed E-state index contributed by atoms with van der Waals surface area (Å²) >= 11 is 6.13. The van der Waals surface area contributed by atoms with Crippen LogP contribution in [0.3, 0.4) is 0 Å². The number of aromatic nitrogens is 2. The van der Waals surface area contributed by atoms with Gasteiger partial charge >= 0.3 is 0 Å². The van der Waals surface area contributed by atoms with E-state index in [1.165, 1.54) is 15.8 Å². The number of rotatable bonds is 2. The lowest BCUT2D eigenvalue weighted by Crippen LogP contribution is -2.23. The van der Waals surface area contributed by atoms with Crippen LogP contribution in [0.2, 0.25) is 5.02 Å². The minimum atomic E-state index is -0.229. The van der Waals surface area contributed by atoms with E-state index in [1.807, 2.05) is 24.3 Å². The molecule has 1 aromatic heterocycles. The van der Waals surface area contributed by atoms with Crippen molar-refractivity contribution in [2.75, 3.05) is 5.73 Å². The molecule has 0 bridgehead atoms. The van der Waals surface area contributed by atoms with Crippen LogP contribution in [-0.4, -0.2) is 9.78 Å². The third kappa shape index (κ3) is 2.98. The van der Waals surface area contributed by atoms with Gasteiger partial charge in [0, 0.05) is 16.0 Å². The molecule has 27 heavy (non-hydrogen) atoms. The van der Waals surface area contributed by atoms with E-state index < -0.39 is 0 Å². The molecule has 0 aliphatic rings. The van der Waals surface area contributed by atoms with Crippen molar-refractivity contribution >= 4 is 28.1 Å². The van der Waals surface area contributed by atoms with Crippen LogP contribution in [0.1, 0.15) is 11.1 Å². The highest BCUT2D eigenvalue weighted by atomic mass is 35.5. The Kier molecular flexibility index (Phi) is 4.21. The number of benzene rings is 3. The van der Waals surface area contributed by atoms with Gasteiger partial charge in [-0.3, -0.25) is 4.79 Å². The van der Waals surface area contributed by atoms with Crippen LogP contribution in [0, 0.1) is 13.8 Å². The van der Waals surface area contributed by atoms with Gasteiger partial charge in [0.15, 0.2) is 0 Å². The van der Waals surface area contributed by atoms with Crippen molar-refractivity contribution in [2.24, 2.45) is 0 Å². The fraction of sp³-hybridized carbons (Fsp3) is 0.0909. The Hall–Kier alpha value is -3.11. The maximum Gasteiger partial charge on any atom is 0.279 e. The number of hydrogen-bond acceptors (Lipinski definition) is 3. The van der Waals surface area contributed by atoms with Gasteiger partial charge in [-0.25, -0.2) is 0 Å². The number of hydrogen-bond donors (Lipinski definition) is 1. The topological polar surface area (TPSA) is 60.9 Å². The maximum atomic E-state index is 13.1. The molecule has 1 heterocycles. The highest BCUT2D eigenvalue weighted by Crippen LogP contribution is 2.28. The summed E-state index contributed by atoms with van der Waals surface area (Å²) in [6, 6.07) is 18.7. The van der Waals surface area contributed by atoms with Gasteiger partial charge in [-0.05, 0) is 55.3 Å². The molecule has 0 unspecified atom stereocenters. The third-order valence-electron chi connectivity index (χ3n) is 4.81. The molecular formula is C22H18ClN3O. The molecule has 0 aliphatic heterocycles. The quantitative estimate of drug-likeness (QED) is 0.506. The standard InChI is InChI=1S/C22H18ClN3O/c1-13-7-8-15(11-14(13)2)21-17-5-3-4-6-18(17)22(27)26(25-21)20-12-16(23)9-10-19(20)24/h3-12H,24H2,1-2H3. The van der Waals surface area contributed by atoms with Gasteiger partial charge in [0.05, 0.1) is 22.5 Å². The summed E-state index contributed by atoms with van der Waals surface area (Å²) < 4.78 is 1.34. The van der Waals surface area contributed by atoms with Gasteiger partial charge in [-0.2, -0.15) is 9.78 Å². The van der Waals surface area contributed by atoms with Crippen LogP contribution in [0.15, 0.2) is 65.5 Å². The average molecular weight is 376 g/mol. The molecule has 0 atom stereocenters. The van der Waals surface area contributed by atoms with Crippen molar-refractivity contribution in [3.63, 3.8) is 0 Å². The summed E-state index contributed by atoms with van der Waals surface area (Å²) in [5, 5.41) is 6.56. The Balaban J connectivity index is 2.10.